The Labute approximate surface area is 156 Å². The SMILES string of the molecule is Cc1ccc(C2CNNC2C2CCCN(Cc3ccc(O)cc3)C2)cc1. The summed E-state index contributed by atoms with van der Waals surface area (Å²) < 4.78 is 0. The highest BCUT2D eigenvalue weighted by Gasteiger charge is 2.36. The fourth-order valence-electron chi connectivity index (χ4n) is 4.49. The molecule has 0 bridgehead atoms. The second-order valence-corrected chi connectivity index (χ2v) is 7.87. The van der Waals surface area contributed by atoms with E-state index in [1.54, 1.807) is 12.1 Å². The lowest BCUT2D eigenvalue weighted by atomic mass is 9.81. The quantitative estimate of drug-likeness (QED) is 0.792. The summed E-state index contributed by atoms with van der Waals surface area (Å²) in [6.45, 7) is 6.40. The molecule has 3 N–H and O–H groups in total. The second kappa shape index (κ2) is 7.78. The number of hydrogen-bond donors (Lipinski definition) is 3. The lowest BCUT2D eigenvalue weighted by molar-refractivity contribution is 0.139. The lowest BCUT2D eigenvalue weighted by Gasteiger charge is -2.37. The summed E-state index contributed by atoms with van der Waals surface area (Å²) >= 11 is 0. The van der Waals surface area contributed by atoms with Crippen LogP contribution in [0.15, 0.2) is 48.5 Å². The van der Waals surface area contributed by atoms with E-state index in [9.17, 15) is 5.11 Å². The van der Waals surface area contributed by atoms with Gasteiger partial charge < -0.3 is 5.11 Å². The highest BCUT2D eigenvalue weighted by atomic mass is 16.3. The van der Waals surface area contributed by atoms with Gasteiger partial charge in [0.15, 0.2) is 0 Å². The van der Waals surface area contributed by atoms with E-state index in [0.29, 0.717) is 23.6 Å². The van der Waals surface area contributed by atoms with E-state index in [1.165, 1.54) is 29.5 Å². The van der Waals surface area contributed by atoms with Crippen LogP contribution >= 0.6 is 0 Å². The molecular weight excluding hydrogens is 322 g/mol. The van der Waals surface area contributed by atoms with Gasteiger partial charge in [-0.1, -0.05) is 42.0 Å². The van der Waals surface area contributed by atoms with Crippen molar-refractivity contribution in [2.75, 3.05) is 19.6 Å². The van der Waals surface area contributed by atoms with E-state index >= 15 is 0 Å². The minimum atomic E-state index is 0.340. The molecule has 2 fully saturated rings. The van der Waals surface area contributed by atoms with Gasteiger partial charge in [0, 0.05) is 31.6 Å². The first kappa shape index (κ1) is 17.5. The van der Waals surface area contributed by atoms with Gasteiger partial charge in [0.05, 0.1) is 0 Å². The number of hydrogen-bond acceptors (Lipinski definition) is 4. The topological polar surface area (TPSA) is 47.5 Å². The predicted molar refractivity (Wildman–Crippen MR) is 105 cm³/mol. The van der Waals surface area contributed by atoms with Crippen LogP contribution in [0.4, 0.5) is 0 Å². The number of nitrogens with zero attached hydrogens (tertiary/aromatic N) is 1. The van der Waals surface area contributed by atoms with Crippen molar-refractivity contribution in [1.29, 1.82) is 0 Å². The number of hydrazine groups is 1. The van der Waals surface area contributed by atoms with Crippen molar-refractivity contribution in [1.82, 2.24) is 15.8 Å². The molecule has 4 nitrogen and oxygen atoms in total. The van der Waals surface area contributed by atoms with Gasteiger partial charge in [-0.05, 0) is 55.5 Å². The molecule has 2 aliphatic heterocycles. The highest BCUT2D eigenvalue weighted by molar-refractivity contribution is 5.28. The van der Waals surface area contributed by atoms with Crippen molar-refractivity contribution in [2.45, 2.75) is 38.3 Å². The van der Waals surface area contributed by atoms with Gasteiger partial charge in [0.2, 0.25) is 0 Å². The van der Waals surface area contributed by atoms with Crippen LogP contribution in [0.2, 0.25) is 0 Å². The summed E-state index contributed by atoms with van der Waals surface area (Å²) in [5.74, 6) is 1.53. The molecule has 0 saturated carbocycles. The third-order valence-electron chi connectivity index (χ3n) is 5.92. The van der Waals surface area contributed by atoms with E-state index in [0.717, 1.165) is 26.2 Å². The zero-order valence-electron chi connectivity index (χ0n) is 15.5. The predicted octanol–water partition coefficient (Wildman–Crippen LogP) is 3.17. The maximum Gasteiger partial charge on any atom is 0.115 e. The fourth-order valence-corrected chi connectivity index (χ4v) is 4.49. The van der Waals surface area contributed by atoms with Crippen molar-refractivity contribution in [3.8, 4) is 5.75 Å². The van der Waals surface area contributed by atoms with Crippen LogP contribution in [0.1, 0.15) is 35.4 Å². The van der Waals surface area contributed by atoms with Gasteiger partial charge in [0.1, 0.15) is 5.75 Å². The number of phenolic OH excluding ortho intramolecular Hbond substituents is 1. The standard InChI is InChI=1S/C22H29N3O/c1-16-4-8-18(9-5-16)21-13-23-24-22(21)19-3-2-12-25(15-19)14-17-6-10-20(26)11-7-17/h4-11,19,21-24,26H,2-3,12-15H2,1H3. The molecule has 0 amide bonds. The van der Waals surface area contributed by atoms with Crippen LogP contribution in [0, 0.1) is 12.8 Å². The Morgan fingerprint density at radius 2 is 1.85 bits per heavy atom. The Balaban J connectivity index is 1.43. The molecule has 4 heteroatoms. The van der Waals surface area contributed by atoms with Crippen molar-refractivity contribution in [3.05, 3.63) is 65.2 Å². The number of likely N-dealkylation sites (tertiary alicyclic amines) is 1. The van der Waals surface area contributed by atoms with Crippen LogP contribution in [-0.4, -0.2) is 35.7 Å². The average Bonchev–Trinajstić information content (AvgIpc) is 3.14. The maximum atomic E-state index is 9.47. The number of nitrogens with one attached hydrogen (secondary N) is 2. The summed E-state index contributed by atoms with van der Waals surface area (Å²) in [5.41, 5.74) is 11.0. The molecule has 4 rings (SSSR count). The third kappa shape index (κ3) is 3.93. The Morgan fingerprint density at radius 1 is 1.08 bits per heavy atom. The Hall–Kier alpha value is -1.88. The third-order valence-corrected chi connectivity index (χ3v) is 5.92. The van der Waals surface area contributed by atoms with E-state index in [1.807, 2.05) is 12.1 Å². The van der Waals surface area contributed by atoms with Crippen LogP contribution in [0.5, 0.6) is 5.75 Å². The first-order chi connectivity index (χ1) is 12.7. The average molecular weight is 351 g/mol. The van der Waals surface area contributed by atoms with Crippen molar-refractivity contribution >= 4 is 0 Å². The number of aryl methyl sites for hydroxylation is 1. The molecule has 2 saturated heterocycles. The summed E-state index contributed by atoms with van der Waals surface area (Å²) in [4.78, 5) is 2.56. The monoisotopic (exact) mass is 351 g/mol. The molecule has 2 heterocycles. The molecule has 2 aromatic rings. The van der Waals surface area contributed by atoms with Gasteiger partial charge >= 0.3 is 0 Å². The molecule has 0 spiro atoms. The number of piperidine rings is 1. The molecule has 3 unspecified atom stereocenters. The van der Waals surface area contributed by atoms with Gasteiger partial charge in [-0.3, -0.25) is 15.8 Å². The van der Waals surface area contributed by atoms with Crippen molar-refractivity contribution in [2.24, 2.45) is 5.92 Å². The number of phenols is 1. The molecule has 2 aromatic carbocycles. The maximum absolute atomic E-state index is 9.47. The summed E-state index contributed by atoms with van der Waals surface area (Å²) in [5, 5.41) is 9.47. The summed E-state index contributed by atoms with van der Waals surface area (Å²) in [7, 11) is 0. The van der Waals surface area contributed by atoms with Gasteiger partial charge in [-0.25, -0.2) is 0 Å². The molecule has 0 aliphatic carbocycles. The molecule has 0 radical (unpaired) electrons. The minimum absolute atomic E-state index is 0.340. The van der Waals surface area contributed by atoms with Crippen LogP contribution in [0.3, 0.4) is 0 Å². The Morgan fingerprint density at radius 3 is 2.62 bits per heavy atom. The van der Waals surface area contributed by atoms with Crippen LogP contribution in [0.25, 0.3) is 0 Å². The van der Waals surface area contributed by atoms with Gasteiger partial charge in [-0.15, -0.1) is 0 Å². The molecular formula is C22H29N3O. The Bertz CT molecular complexity index is 713. The van der Waals surface area contributed by atoms with Crippen LogP contribution in [-0.2, 0) is 6.54 Å². The normalized spacial score (nSPS) is 26.9. The molecule has 2 aliphatic rings. The zero-order valence-corrected chi connectivity index (χ0v) is 15.5. The largest absolute Gasteiger partial charge is 0.508 e. The minimum Gasteiger partial charge on any atom is -0.508 e. The smallest absolute Gasteiger partial charge is 0.115 e. The van der Waals surface area contributed by atoms with E-state index < -0.39 is 0 Å². The van der Waals surface area contributed by atoms with E-state index in [-0.39, 0.29) is 0 Å². The highest BCUT2D eigenvalue weighted by Crippen LogP contribution is 2.32. The van der Waals surface area contributed by atoms with Gasteiger partial charge in [-0.2, -0.15) is 0 Å². The lowest BCUT2D eigenvalue weighted by Crippen LogP contribution is -2.46. The second-order valence-electron chi connectivity index (χ2n) is 7.87. The molecule has 138 valence electrons. The summed E-state index contributed by atoms with van der Waals surface area (Å²) in [6.07, 6.45) is 2.54. The summed E-state index contributed by atoms with van der Waals surface area (Å²) in [6, 6.07) is 17.1. The van der Waals surface area contributed by atoms with Crippen molar-refractivity contribution in [3.63, 3.8) is 0 Å². The van der Waals surface area contributed by atoms with Crippen LogP contribution < -0.4 is 10.9 Å². The first-order valence-corrected chi connectivity index (χ1v) is 9.74. The molecule has 3 atom stereocenters. The molecule has 0 aromatic heterocycles. The number of rotatable bonds is 4. The van der Waals surface area contributed by atoms with Crippen molar-refractivity contribution < 1.29 is 5.11 Å². The zero-order chi connectivity index (χ0) is 17.9. The molecule has 26 heavy (non-hydrogen) atoms. The van der Waals surface area contributed by atoms with E-state index in [4.69, 9.17) is 0 Å². The number of aromatic hydroxyl groups is 1. The Kier molecular flexibility index (Phi) is 5.25. The fraction of sp³-hybridized carbons (Fsp3) is 0.455. The number of benzene rings is 2. The van der Waals surface area contributed by atoms with E-state index in [2.05, 4.69) is 46.9 Å². The van der Waals surface area contributed by atoms with Gasteiger partial charge in [0.25, 0.3) is 0 Å². The first-order valence-electron chi connectivity index (χ1n) is 9.74.